The molecule has 5 nitrogen and oxygen atoms in total. The molecule has 0 aliphatic heterocycles. The minimum absolute atomic E-state index is 0.147. The van der Waals surface area contributed by atoms with Gasteiger partial charge in [0.05, 0.1) is 13.7 Å². The number of hydrogen-bond donors (Lipinski definition) is 2. The number of rotatable bonds is 8. The highest BCUT2D eigenvalue weighted by Crippen LogP contribution is 2.27. The van der Waals surface area contributed by atoms with Gasteiger partial charge in [0.15, 0.2) is 0 Å². The Morgan fingerprint density at radius 2 is 2.00 bits per heavy atom. The molecule has 0 bridgehead atoms. The topological polar surface area (TPSA) is 67.4 Å². The van der Waals surface area contributed by atoms with Crippen LogP contribution in [0.2, 0.25) is 0 Å². The highest BCUT2D eigenvalue weighted by Gasteiger charge is 2.23. The van der Waals surface area contributed by atoms with Gasteiger partial charge in [-0.05, 0) is 37.6 Å². The second-order valence-corrected chi connectivity index (χ2v) is 5.35. The van der Waals surface area contributed by atoms with E-state index in [1.807, 2.05) is 13.8 Å². The maximum atomic E-state index is 11.7. The van der Waals surface area contributed by atoms with Gasteiger partial charge in [0.2, 0.25) is 5.91 Å². The van der Waals surface area contributed by atoms with Crippen LogP contribution in [0.3, 0.4) is 0 Å². The molecule has 1 atom stereocenters. The van der Waals surface area contributed by atoms with Crippen LogP contribution < -0.4 is 10.6 Å². The van der Waals surface area contributed by atoms with Crippen molar-refractivity contribution >= 4 is 11.9 Å². The molecular formula is C13H24N2O3. The first-order valence-corrected chi connectivity index (χ1v) is 6.60. The summed E-state index contributed by atoms with van der Waals surface area (Å²) in [7, 11) is 1.34. The zero-order chi connectivity index (χ0) is 13.5. The maximum absolute atomic E-state index is 11.7. The highest BCUT2D eigenvalue weighted by molar-refractivity contribution is 5.85. The van der Waals surface area contributed by atoms with Crippen LogP contribution in [0.25, 0.3) is 0 Å². The van der Waals surface area contributed by atoms with Crippen molar-refractivity contribution in [3.63, 3.8) is 0 Å². The average Bonchev–Trinajstić information content (AvgIpc) is 3.10. The first kappa shape index (κ1) is 15.0. The first-order chi connectivity index (χ1) is 8.52. The molecule has 0 aromatic carbocycles. The van der Waals surface area contributed by atoms with Crippen molar-refractivity contribution in [2.75, 3.05) is 20.2 Å². The van der Waals surface area contributed by atoms with Gasteiger partial charge >= 0.3 is 5.97 Å². The summed E-state index contributed by atoms with van der Waals surface area (Å²) in [6.45, 7) is 5.17. The predicted octanol–water partition coefficient (Wildman–Crippen LogP) is 0.690. The Bertz CT molecular complexity index is 288. The number of carbonyl (C=O) groups is 2. The monoisotopic (exact) mass is 256 g/mol. The van der Waals surface area contributed by atoms with Crippen LogP contribution in [0.4, 0.5) is 0 Å². The summed E-state index contributed by atoms with van der Waals surface area (Å²) in [5, 5.41) is 5.82. The van der Waals surface area contributed by atoms with Crippen LogP contribution in [-0.2, 0) is 14.3 Å². The molecule has 0 radical (unpaired) electrons. The minimum atomic E-state index is -0.537. The molecule has 1 aliphatic rings. The van der Waals surface area contributed by atoms with Crippen LogP contribution in [0, 0.1) is 11.8 Å². The lowest BCUT2D eigenvalue weighted by Crippen LogP contribution is -2.45. The second kappa shape index (κ2) is 7.36. The van der Waals surface area contributed by atoms with Gasteiger partial charge in [-0.15, -0.1) is 0 Å². The van der Waals surface area contributed by atoms with Crippen LogP contribution in [0.15, 0.2) is 0 Å². The van der Waals surface area contributed by atoms with Crippen molar-refractivity contribution in [3.8, 4) is 0 Å². The lowest BCUT2D eigenvalue weighted by Gasteiger charge is -2.18. The first-order valence-electron chi connectivity index (χ1n) is 6.60. The third-order valence-electron chi connectivity index (χ3n) is 2.94. The van der Waals surface area contributed by atoms with Gasteiger partial charge in [-0.1, -0.05) is 13.8 Å². The number of amides is 1. The van der Waals surface area contributed by atoms with Crippen molar-refractivity contribution in [2.45, 2.75) is 39.2 Å². The van der Waals surface area contributed by atoms with E-state index in [0.29, 0.717) is 12.3 Å². The third kappa shape index (κ3) is 6.00. The third-order valence-corrected chi connectivity index (χ3v) is 2.94. The Balaban J connectivity index is 2.28. The molecule has 0 aromatic heterocycles. The molecule has 0 aromatic rings. The highest BCUT2D eigenvalue weighted by atomic mass is 16.5. The summed E-state index contributed by atoms with van der Waals surface area (Å²) in [6.07, 6.45) is 3.11. The molecular weight excluding hydrogens is 232 g/mol. The number of esters is 1. The van der Waals surface area contributed by atoms with Crippen LogP contribution in [0.5, 0.6) is 0 Å². The van der Waals surface area contributed by atoms with E-state index < -0.39 is 6.04 Å². The summed E-state index contributed by atoms with van der Waals surface area (Å²) in [4.78, 5) is 23.2. The SMILES string of the molecule is COC(=O)[C@H](CC(C)C)NC(=O)CNCC1CC1. The molecule has 5 heteroatoms. The van der Waals surface area contributed by atoms with E-state index in [2.05, 4.69) is 10.6 Å². The van der Waals surface area contributed by atoms with E-state index in [-0.39, 0.29) is 18.4 Å². The summed E-state index contributed by atoms with van der Waals surface area (Å²) in [5.41, 5.74) is 0. The van der Waals surface area contributed by atoms with Gasteiger partial charge in [-0.3, -0.25) is 4.79 Å². The zero-order valence-corrected chi connectivity index (χ0v) is 11.5. The second-order valence-electron chi connectivity index (χ2n) is 5.35. The number of carbonyl (C=O) groups excluding carboxylic acids is 2. The smallest absolute Gasteiger partial charge is 0.328 e. The molecule has 1 aliphatic carbocycles. The van der Waals surface area contributed by atoms with Crippen LogP contribution in [-0.4, -0.2) is 38.1 Å². The fraction of sp³-hybridized carbons (Fsp3) is 0.846. The molecule has 0 heterocycles. The fourth-order valence-corrected chi connectivity index (χ4v) is 1.78. The van der Waals surface area contributed by atoms with Crippen molar-refractivity contribution in [1.29, 1.82) is 0 Å². The van der Waals surface area contributed by atoms with Gasteiger partial charge in [0, 0.05) is 0 Å². The number of hydrogen-bond acceptors (Lipinski definition) is 4. The molecule has 104 valence electrons. The predicted molar refractivity (Wildman–Crippen MR) is 69.0 cm³/mol. The summed E-state index contributed by atoms with van der Waals surface area (Å²) in [5.74, 6) is 0.546. The van der Waals surface area contributed by atoms with E-state index in [0.717, 1.165) is 12.5 Å². The number of ether oxygens (including phenoxy) is 1. The van der Waals surface area contributed by atoms with Crippen molar-refractivity contribution in [3.05, 3.63) is 0 Å². The Labute approximate surface area is 109 Å². The quantitative estimate of drug-likeness (QED) is 0.627. The van der Waals surface area contributed by atoms with Crippen LogP contribution >= 0.6 is 0 Å². The molecule has 1 rings (SSSR count). The van der Waals surface area contributed by atoms with E-state index in [4.69, 9.17) is 4.74 Å². The lowest BCUT2D eigenvalue weighted by molar-refractivity contribution is -0.145. The summed E-state index contributed by atoms with van der Waals surface area (Å²) in [6, 6.07) is -0.537. The van der Waals surface area contributed by atoms with Crippen molar-refractivity contribution < 1.29 is 14.3 Å². The van der Waals surface area contributed by atoms with Gasteiger partial charge in [0.1, 0.15) is 6.04 Å². The fourth-order valence-electron chi connectivity index (χ4n) is 1.78. The molecule has 0 spiro atoms. The van der Waals surface area contributed by atoms with E-state index in [1.165, 1.54) is 20.0 Å². The van der Waals surface area contributed by atoms with E-state index in [9.17, 15) is 9.59 Å². The molecule has 1 saturated carbocycles. The summed E-state index contributed by atoms with van der Waals surface area (Å²) < 4.78 is 4.69. The van der Waals surface area contributed by atoms with Gasteiger partial charge in [-0.2, -0.15) is 0 Å². The molecule has 0 saturated heterocycles. The Hall–Kier alpha value is -1.10. The van der Waals surface area contributed by atoms with Gasteiger partial charge < -0.3 is 15.4 Å². The normalized spacial score (nSPS) is 16.4. The molecule has 18 heavy (non-hydrogen) atoms. The van der Waals surface area contributed by atoms with Gasteiger partial charge in [-0.25, -0.2) is 4.79 Å². The number of nitrogens with one attached hydrogen (secondary N) is 2. The van der Waals surface area contributed by atoms with Crippen LogP contribution in [0.1, 0.15) is 33.1 Å². The zero-order valence-electron chi connectivity index (χ0n) is 11.5. The van der Waals surface area contributed by atoms with Gasteiger partial charge in [0.25, 0.3) is 0 Å². The Kier molecular flexibility index (Phi) is 6.12. The Morgan fingerprint density at radius 1 is 1.33 bits per heavy atom. The molecule has 1 fully saturated rings. The van der Waals surface area contributed by atoms with E-state index >= 15 is 0 Å². The molecule has 1 amide bonds. The minimum Gasteiger partial charge on any atom is -0.467 e. The maximum Gasteiger partial charge on any atom is 0.328 e. The van der Waals surface area contributed by atoms with E-state index in [1.54, 1.807) is 0 Å². The number of methoxy groups -OCH3 is 1. The standard InChI is InChI=1S/C13H24N2O3/c1-9(2)6-11(13(17)18-3)15-12(16)8-14-7-10-4-5-10/h9-11,14H,4-8H2,1-3H3,(H,15,16)/t11-/m0/s1. The lowest BCUT2D eigenvalue weighted by atomic mass is 10.0. The molecule has 2 N–H and O–H groups in total. The van der Waals surface area contributed by atoms with Crippen molar-refractivity contribution in [1.82, 2.24) is 10.6 Å². The average molecular weight is 256 g/mol. The molecule has 0 unspecified atom stereocenters. The summed E-state index contributed by atoms with van der Waals surface area (Å²) >= 11 is 0. The van der Waals surface area contributed by atoms with Crippen molar-refractivity contribution in [2.24, 2.45) is 11.8 Å². The largest absolute Gasteiger partial charge is 0.467 e. The Morgan fingerprint density at radius 3 is 2.50 bits per heavy atom.